The Morgan fingerprint density at radius 2 is 1.35 bits per heavy atom. The van der Waals surface area contributed by atoms with Gasteiger partial charge in [0.25, 0.3) is 8.32 Å². The number of aromatic nitrogens is 2. The number of hydrogen-bond donors (Lipinski definition) is 1. The summed E-state index contributed by atoms with van der Waals surface area (Å²) >= 11 is 3.28. The van der Waals surface area contributed by atoms with Crippen molar-refractivity contribution in [2.75, 3.05) is 6.61 Å². The minimum atomic E-state index is -2.72. The van der Waals surface area contributed by atoms with E-state index in [1.54, 1.807) is 28.9 Å². The molecule has 4 aromatic carbocycles. The van der Waals surface area contributed by atoms with Gasteiger partial charge in [-0.1, -0.05) is 106 Å². The molecule has 1 saturated heterocycles. The summed E-state index contributed by atoms with van der Waals surface area (Å²) in [5, 5.41) is 12.2. The Labute approximate surface area is 329 Å². The lowest BCUT2D eigenvalue weighted by Gasteiger charge is -2.43. The highest BCUT2D eigenvalue weighted by atomic mass is 32.1. The maximum absolute atomic E-state index is 14.8. The molecule has 9 rings (SSSR count). The van der Waals surface area contributed by atoms with Crippen molar-refractivity contribution in [1.29, 1.82) is 0 Å². The molecule has 0 aliphatic carbocycles. The normalized spacial score (nSPS) is 16.0. The highest BCUT2D eigenvalue weighted by molar-refractivity contribution is 7.17. The zero-order chi connectivity index (χ0) is 37.8. The number of fused-ring (bicyclic) bond motifs is 3. The van der Waals surface area contributed by atoms with Gasteiger partial charge in [0.2, 0.25) is 11.8 Å². The van der Waals surface area contributed by atoms with Crippen molar-refractivity contribution < 1.29 is 14.0 Å². The van der Waals surface area contributed by atoms with E-state index in [1.807, 2.05) is 36.4 Å². The lowest BCUT2D eigenvalue weighted by molar-refractivity contribution is -0.126. The molecule has 274 valence electrons. The molecule has 0 spiro atoms. The second kappa shape index (κ2) is 13.8. The van der Waals surface area contributed by atoms with Crippen LogP contribution in [0, 0.1) is 0 Å². The number of imide groups is 1. The first-order chi connectivity index (χ1) is 26.7. The summed E-state index contributed by atoms with van der Waals surface area (Å²) in [6.07, 6.45) is 4.60. The van der Waals surface area contributed by atoms with Crippen LogP contribution in [0.25, 0.3) is 31.2 Å². The number of rotatable bonds is 10. The molecule has 8 aromatic rings. The SMILES string of the molecule is CC(C)(C)[Si](OCCCn1cc(C2C(=O)NC(=O)C2(c2cccc3sccc23)c2cccc3sccc23)c2cccnc21)(c1ccccc1)c1ccccc1. The number of nitrogens with one attached hydrogen (secondary N) is 1. The molecule has 4 aromatic heterocycles. The number of nitrogens with zero attached hydrogens (tertiary/aromatic N) is 2. The van der Waals surface area contributed by atoms with Gasteiger partial charge in [-0.25, -0.2) is 4.98 Å². The van der Waals surface area contributed by atoms with Gasteiger partial charge in [-0.05, 0) is 96.5 Å². The molecule has 1 unspecified atom stereocenters. The fourth-order valence-electron chi connectivity index (χ4n) is 9.13. The van der Waals surface area contributed by atoms with Crippen LogP contribution in [-0.2, 0) is 26.0 Å². The van der Waals surface area contributed by atoms with E-state index in [0.29, 0.717) is 13.2 Å². The Morgan fingerprint density at radius 1 is 0.745 bits per heavy atom. The lowest BCUT2D eigenvalue weighted by atomic mass is 9.63. The second-order valence-corrected chi connectivity index (χ2v) is 21.6. The molecule has 1 aliphatic rings. The summed E-state index contributed by atoms with van der Waals surface area (Å²) in [6.45, 7) is 8.05. The number of carbonyl (C=O) groups excluding carboxylic acids is 2. The van der Waals surface area contributed by atoms with Gasteiger partial charge in [-0.2, -0.15) is 0 Å². The maximum Gasteiger partial charge on any atom is 0.261 e. The average molecular weight is 776 g/mol. The highest BCUT2D eigenvalue weighted by Crippen LogP contribution is 2.54. The highest BCUT2D eigenvalue weighted by Gasteiger charge is 2.60. The van der Waals surface area contributed by atoms with E-state index in [1.165, 1.54) is 10.4 Å². The molecule has 5 heterocycles. The van der Waals surface area contributed by atoms with Crippen LogP contribution in [0.4, 0.5) is 0 Å². The van der Waals surface area contributed by atoms with Crippen LogP contribution in [-0.4, -0.2) is 36.3 Å². The van der Waals surface area contributed by atoms with Gasteiger partial charge in [0.1, 0.15) is 11.1 Å². The molecule has 1 aliphatic heterocycles. The summed E-state index contributed by atoms with van der Waals surface area (Å²) < 4.78 is 11.5. The lowest BCUT2D eigenvalue weighted by Crippen LogP contribution is -2.66. The Bertz CT molecular complexity index is 2580. The minimum Gasteiger partial charge on any atom is -0.407 e. The smallest absolute Gasteiger partial charge is 0.261 e. The number of amides is 2. The number of benzene rings is 4. The van der Waals surface area contributed by atoms with E-state index in [0.717, 1.165) is 54.3 Å². The first kappa shape index (κ1) is 35.5. The van der Waals surface area contributed by atoms with Gasteiger partial charge in [0, 0.05) is 40.3 Å². The van der Waals surface area contributed by atoms with E-state index >= 15 is 0 Å². The van der Waals surface area contributed by atoms with Gasteiger partial charge >= 0.3 is 0 Å². The van der Waals surface area contributed by atoms with Crippen molar-refractivity contribution in [2.45, 2.75) is 50.1 Å². The predicted octanol–water partition coefficient (Wildman–Crippen LogP) is 9.16. The Kier molecular flexibility index (Phi) is 8.93. The molecule has 9 heteroatoms. The van der Waals surface area contributed by atoms with Gasteiger partial charge in [-0.15, -0.1) is 22.7 Å². The summed E-state index contributed by atoms with van der Waals surface area (Å²) in [6, 6.07) is 41.8. The van der Waals surface area contributed by atoms with E-state index in [4.69, 9.17) is 9.41 Å². The first-order valence-electron chi connectivity index (χ1n) is 18.7. The van der Waals surface area contributed by atoms with Crippen LogP contribution in [0.15, 0.2) is 144 Å². The Hall–Kier alpha value is -5.19. The third-order valence-electron chi connectivity index (χ3n) is 11.4. The predicted molar refractivity (Wildman–Crippen MR) is 228 cm³/mol. The summed E-state index contributed by atoms with van der Waals surface area (Å²) in [5.41, 5.74) is 1.92. The van der Waals surface area contributed by atoms with Crippen molar-refractivity contribution >= 4 is 84.4 Å². The second-order valence-electron chi connectivity index (χ2n) is 15.4. The average Bonchev–Trinajstić information content (AvgIpc) is 4.00. The summed E-state index contributed by atoms with van der Waals surface area (Å²) in [4.78, 5) is 34.2. The number of carbonyl (C=O) groups is 2. The van der Waals surface area contributed by atoms with Crippen molar-refractivity contribution in [3.8, 4) is 0 Å². The standard InChI is InChI=1S/C46H41N3O3S2Si/c1-45(2,3)55(31-14-6-4-7-15-31,32-16-8-5-9-17-32)52-27-13-26-49-30-36(33-18-12-25-47-42(33)49)41-43(50)48-44(51)46(41,37-19-10-21-39-34(37)23-28-53-39)38-20-11-22-40-35(38)24-29-54-40/h4-12,14-25,28-30,41H,13,26-27H2,1-3H3,(H,48,50,51). The molecule has 0 saturated carbocycles. The van der Waals surface area contributed by atoms with Crippen molar-refractivity contribution in [1.82, 2.24) is 14.9 Å². The van der Waals surface area contributed by atoms with Crippen molar-refractivity contribution in [2.24, 2.45) is 0 Å². The molecule has 1 fully saturated rings. The van der Waals surface area contributed by atoms with Gasteiger partial charge < -0.3 is 8.99 Å². The fourth-order valence-corrected chi connectivity index (χ4v) is 15.4. The monoisotopic (exact) mass is 775 g/mol. The van der Waals surface area contributed by atoms with Crippen LogP contribution in [0.3, 0.4) is 0 Å². The molecule has 1 N–H and O–H groups in total. The molecular weight excluding hydrogens is 735 g/mol. The Balaban J connectivity index is 1.14. The molecule has 0 bridgehead atoms. The zero-order valence-corrected chi connectivity index (χ0v) is 33.6. The van der Waals surface area contributed by atoms with E-state index in [-0.39, 0.29) is 16.9 Å². The molecular formula is C46H41N3O3S2Si. The van der Waals surface area contributed by atoms with Crippen LogP contribution in [0.5, 0.6) is 0 Å². The van der Waals surface area contributed by atoms with Crippen LogP contribution >= 0.6 is 22.7 Å². The van der Waals surface area contributed by atoms with E-state index in [2.05, 4.69) is 133 Å². The van der Waals surface area contributed by atoms with Crippen LogP contribution in [0.1, 0.15) is 49.8 Å². The van der Waals surface area contributed by atoms with Crippen molar-refractivity contribution in [3.63, 3.8) is 0 Å². The molecule has 2 amide bonds. The maximum atomic E-state index is 14.8. The first-order valence-corrected chi connectivity index (χ1v) is 22.4. The zero-order valence-electron chi connectivity index (χ0n) is 31.0. The van der Waals surface area contributed by atoms with Gasteiger partial charge in [0.15, 0.2) is 0 Å². The number of pyridine rings is 1. The summed E-state index contributed by atoms with van der Waals surface area (Å²) in [7, 11) is -2.72. The molecule has 55 heavy (non-hydrogen) atoms. The largest absolute Gasteiger partial charge is 0.407 e. The topological polar surface area (TPSA) is 73.2 Å². The van der Waals surface area contributed by atoms with Crippen LogP contribution < -0.4 is 15.7 Å². The number of aryl methyl sites for hydroxylation is 1. The van der Waals surface area contributed by atoms with Gasteiger partial charge in [-0.3, -0.25) is 14.9 Å². The fraction of sp³-hybridized carbons (Fsp3) is 0.196. The quantitative estimate of drug-likeness (QED) is 0.0855. The van der Waals surface area contributed by atoms with Crippen LogP contribution in [0.2, 0.25) is 5.04 Å². The van der Waals surface area contributed by atoms with Crippen molar-refractivity contribution in [3.05, 3.63) is 161 Å². The van der Waals surface area contributed by atoms with E-state index < -0.39 is 19.7 Å². The number of thiophene rings is 2. The molecule has 1 atom stereocenters. The third kappa shape index (κ3) is 5.55. The molecule has 6 nitrogen and oxygen atoms in total. The molecule has 0 radical (unpaired) electrons. The van der Waals surface area contributed by atoms with Gasteiger partial charge in [0.05, 0.1) is 5.92 Å². The van der Waals surface area contributed by atoms with E-state index in [9.17, 15) is 9.59 Å². The minimum absolute atomic E-state index is 0.132. The summed E-state index contributed by atoms with van der Waals surface area (Å²) in [5.74, 6) is -1.44. The third-order valence-corrected chi connectivity index (χ3v) is 18.2. The Morgan fingerprint density at radius 3 is 1.93 bits per heavy atom. The number of hydrogen-bond acceptors (Lipinski definition) is 6.